The Morgan fingerprint density at radius 3 is 3.00 bits per heavy atom. The predicted octanol–water partition coefficient (Wildman–Crippen LogP) is 3.04. The van der Waals surface area contributed by atoms with E-state index in [1.807, 2.05) is 25.2 Å². The van der Waals surface area contributed by atoms with Crippen molar-refractivity contribution in [2.75, 3.05) is 31.6 Å². The Labute approximate surface area is 107 Å². The van der Waals surface area contributed by atoms with E-state index in [0.29, 0.717) is 16.0 Å². The lowest BCUT2D eigenvalue weighted by Gasteiger charge is -2.20. The average molecular weight is 259 g/mol. The van der Waals surface area contributed by atoms with Crippen molar-refractivity contribution in [1.82, 2.24) is 5.32 Å². The first-order valence-corrected chi connectivity index (χ1v) is 6.31. The van der Waals surface area contributed by atoms with Gasteiger partial charge in [-0.1, -0.05) is 29.3 Å². The number of nitrogens with one attached hydrogen (secondary N) is 1. The number of hydrogen-bond donors (Lipinski definition) is 1. The van der Waals surface area contributed by atoms with Gasteiger partial charge in [-0.2, -0.15) is 0 Å². The van der Waals surface area contributed by atoms with Crippen LogP contribution in [0.5, 0.6) is 0 Å². The smallest absolute Gasteiger partial charge is 0.0825 e. The second-order valence-electron chi connectivity index (χ2n) is 4.23. The van der Waals surface area contributed by atoms with Gasteiger partial charge in [-0.25, -0.2) is 0 Å². The van der Waals surface area contributed by atoms with Gasteiger partial charge in [0.05, 0.1) is 15.7 Å². The molecule has 1 aliphatic rings. The fourth-order valence-corrected chi connectivity index (χ4v) is 2.66. The van der Waals surface area contributed by atoms with Crippen molar-refractivity contribution in [3.63, 3.8) is 0 Å². The van der Waals surface area contributed by atoms with Crippen LogP contribution in [0, 0.1) is 5.92 Å². The first kappa shape index (κ1) is 12.0. The van der Waals surface area contributed by atoms with Crippen LogP contribution in [0.3, 0.4) is 0 Å². The van der Waals surface area contributed by atoms with Crippen molar-refractivity contribution in [2.24, 2.45) is 5.92 Å². The topological polar surface area (TPSA) is 15.3 Å². The van der Waals surface area contributed by atoms with Gasteiger partial charge in [-0.05, 0) is 38.1 Å². The third-order valence-electron chi connectivity index (χ3n) is 3.05. The lowest BCUT2D eigenvalue weighted by Crippen LogP contribution is -2.24. The third kappa shape index (κ3) is 2.45. The van der Waals surface area contributed by atoms with Gasteiger partial charge in [0.15, 0.2) is 0 Å². The van der Waals surface area contributed by atoms with Gasteiger partial charge in [0.2, 0.25) is 0 Å². The molecule has 16 heavy (non-hydrogen) atoms. The molecule has 1 aromatic carbocycles. The summed E-state index contributed by atoms with van der Waals surface area (Å²) in [6.07, 6.45) is 1.21. The molecular formula is C12H16Cl2N2. The molecule has 1 heterocycles. The van der Waals surface area contributed by atoms with E-state index in [1.165, 1.54) is 6.42 Å². The number of halogens is 2. The molecule has 1 atom stereocenters. The van der Waals surface area contributed by atoms with E-state index in [2.05, 4.69) is 10.2 Å². The molecule has 1 aromatic rings. The van der Waals surface area contributed by atoms with Gasteiger partial charge in [0.25, 0.3) is 0 Å². The molecule has 88 valence electrons. The van der Waals surface area contributed by atoms with Crippen molar-refractivity contribution in [3.05, 3.63) is 28.2 Å². The first-order valence-electron chi connectivity index (χ1n) is 5.56. The maximum Gasteiger partial charge on any atom is 0.0825 e. The molecule has 1 fully saturated rings. The number of nitrogens with zero attached hydrogens (tertiary/aromatic N) is 1. The van der Waals surface area contributed by atoms with Crippen LogP contribution in [0.25, 0.3) is 0 Å². The molecule has 0 bridgehead atoms. The Morgan fingerprint density at radius 1 is 1.44 bits per heavy atom. The Morgan fingerprint density at radius 2 is 2.25 bits per heavy atom. The van der Waals surface area contributed by atoms with E-state index < -0.39 is 0 Å². The third-order valence-corrected chi connectivity index (χ3v) is 3.86. The highest BCUT2D eigenvalue weighted by molar-refractivity contribution is 6.43. The minimum Gasteiger partial charge on any atom is -0.370 e. The van der Waals surface area contributed by atoms with Gasteiger partial charge in [-0.15, -0.1) is 0 Å². The van der Waals surface area contributed by atoms with Crippen LogP contribution >= 0.6 is 23.2 Å². The molecule has 4 heteroatoms. The van der Waals surface area contributed by atoms with E-state index >= 15 is 0 Å². The Bertz CT molecular complexity index is 368. The zero-order valence-electron chi connectivity index (χ0n) is 9.34. The number of anilines is 1. The van der Waals surface area contributed by atoms with E-state index in [1.54, 1.807) is 0 Å². The van der Waals surface area contributed by atoms with Crippen molar-refractivity contribution >= 4 is 28.9 Å². The van der Waals surface area contributed by atoms with Crippen LogP contribution in [0.15, 0.2) is 18.2 Å². The summed E-state index contributed by atoms with van der Waals surface area (Å²) in [6.45, 7) is 3.18. The molecule has 1 aliphatic heterocycles. The highest BCUT2D eigenvalue weighted by Gasteiger charge is 2.23. The molecule has 0 saturated carbocycles. The summed E-state index contributed by atoms with van der Waals surface area (Å²) < 4.78 is 0. The van der Waals surface area contributed by atoms with Crippen molar-refractivity contribution in [3.8, 4) is 0 Å². The van der Waals surface area contributed by atoms with Crippen LogP contribution < -0.4 is 10.2 Å². The molecule has 0 spiro atoms. The molecule has 1 unspecified atom stereocenters. The van der Waals surface area contributed by atoms with Crippen LogP contribution in [-0.4, -0.2) is 26.7 Å². The summed E-state index contributed by atoms with van der Waals surface area (Å²) in [5.41, 5.74) is 1.06. The zero-order chi connectivity index (χ0) is 11.5. The van der Waals surface area contributed by atoms with Crippen molar-refractivity contribution in [1.29, 1.82) is 0 Å². The highest BCUT2D eigenvalue weighted by atomic mass is 35.5. The zero-order valence-corrected chi connectivity index (χ0v) is 10.9. The minimum absolute atomic E-state index is 0.635. The number of hydrogen-bond acceptors (Lipinski definition) is 2. The van der Waals surface area contributed by atoms with Crippen LogP contribution in [-0.2, 0) is 0 Å². The standard InChI is InChI=1S/C12H16Cl2N2/c1-15-7-9-5-6-16(8-9)11-4-2-3-10(13)12(11)14/h2-4,9,15H,5-8H2,1H3. The quantitative estimate of drug-likeness (QED) is 0.897. The SMILES string of the molecule is CNCC1CCN(c2cccc(Cl)c2Cl)C1. The minimum atomic E-state index is 0.635. The molecule has 0 radical (unpaired) electrons. The number of rotatable bonds is 3. The van der Waals surface area contributed by atoms with Crippen molar-refractivity contribution < 1.29 is 0 Å². The van der Waals surface area contributed by atoms with Gasteiger partial charge in [-0.3, -0.25) is 0 Å². The van der Waals surface area contributed by atoms with E-state index in [0.717, 1.165) is 25.3 Å². The van der Waals surface area contributed by atoms with E-state index in [-0.39, 0.29) is 0 Å². The van der Waals surface area contributed by atoms with Crippen LogP contribution in [0.2, 0.25) is 10.0 Å². The molecule has 0 aromatic heterocycles. The fraction of sp³-hybridized carbons (Fsp3) is 0.500. The summed E-state index contributed by atoms with van der Waals surface area (Å²) in [5.74, 6) is 0.708. The largest absolute Gasteiger partial charge is 0.370 e. The summed E-state index contributed by atoms with van der Waals surface area (Å²) in [7, 11) is 2.00. The Hall–Kier alpha value is -0.440. The molecule has 0 amide bonds. The average Bonchev–Trinajstić information content (AvgIpc) is 2.71. The maximum absolute atomic E-state index is 6.21. The predicted molar refractivity (Wildman–Crippen MR) is 70.7 cm³/mol. The van der Waals surface area contributed by atoms with Gasteiger partial charge < -0.3 is 10.2 Å². The Kier molecular flexibility index (Phi) is 3.95. The molecule has 1 N–H and O–H groups in total. The number of benzene rings is 1. The summed E-state index contributed by atoms with van der Waals surface area (Å²) >= 11 is 12.2. The van der Waals surface area contributed by atoms with Crippen molar-refractivity contribution in [2.45, 2.75) is 6.42 Å². The lowest BCUT2D eigenvalue weighted by molar-refractivity contribution is 0.549. The maximum atomic E-state index is 6.21. The summed E-state index contributed by atoms with van der Waals surface area (Å²) in [6, 6.07) is 5.82. The first-order chi connectivity index (χ1) is 7.72. The van der Waals surface area contributed by atoms with Gasteiger partial charge >= 0.3 is 0 Å². The molecule has 1 saturated heterocycles. The molecule has 2 nitrogen and oxygen atoms in total. The Balaban J connectivity index is 2.11. The summed E-state index contributed by atoms with van der Waals surface area (Å²) in [4.78, 5) is 2.32. The van der Waals surface area contributed by atoms with Crippen LogP contribution in [0.4, 0.5) is 5.69 Å². The normalized spacial score (nSPS) is 20.4. The molecular weight excluding hydrogens is 243 g/mol. The van der Waals surface area contributed by atoms with E-state index in [9.17, 15) is 0 Å². The van der Waals surface area contributed by atoms with E-state index in [4.69, 9.17) is 23.2 Å². The fourth-order valence-electron chi connectivity index (χ4n) is 2.24. The second-order valence-corrected chi connectivity index (χ2v) is 5.02. The highest BCUT2D eigenvalue weighted by Crippen LogP contribution is 2.34. The molecule has 0 aliphatic carbocycles. The monoisotopic (exact) mass is 258 g/mol. The lowest BCUT2D eigenvalue weighted by atomic mass is 10.1. The van der Waals surface area contributed by atoms with Crippen LogP contribution in [0.1, 0.15) is 6.42 Å². The summed E-state index contributed by atoms with van der Waals surface area (Å²) in [5, 5.41) is 4.53. The van der Waals surface area contributed by atoms with Gasteiger partial charge in [0, 0.05) is 13.1 Å². The molecule has 2 rings (SSSR count). The second kappa shape index (κ2) is 5.26. The van der Waals surface area contributed by atoms with Gasteiger partial charge in [0.1, 0.15) is 0 Å².